The predicted octanol–water partition coefficient (Wildman–Crippen LogP) is 1.18. The molecule has 0 unspecified atom stereocenters. The summed E-state index contributed by atoms with van der Waals surface area (Å²) >= 11 is 0. The lowest BCUT2D eigenvalue weighted by molar-refractivity contribution is 0.0695. The Kier molecular flexibility index (Phi) is 2.59. The Hall–Kier alpha value is -2.30. The van der Waals surface area contributed by atoms with E-state index in [0.717, 1.165) is 5.56 Å². The van der Waals surface area contributed by atoms with Crippen molar-refractivity contribution in [1.82, 2.24) is 9.36 Å². The van der Waals surface area contributed by atoms with Crippen molar-refractivity contribution in [1.29, 1.82) is 0 Å². The molecule has 0 spiro atoms. The highest BCUT2D eigenvalue weighted by Gasteiger charge is 2.16. The van der Waals surface area contributed by atoms with Gasteiger partial charge in [-0.05, 0) is 18.6 Å². The second-order valence-corrected chi connectivity index (χ2v) is 3.83. The number of rotatable bonds is 2. The predicted molar refractivity (Wildman–Crippen MR) is 62.7 cm³/mol. The molecule has 0 aliphatic carbocycles. The van der Waals surface area contributed by atoms with Gasteiger partial charge in [0.1, 0.15) is 5.56 Å². The summed E-state index contributed by atoms with van der Waals surface area (Å²) in [4.78, 5) is 22.8. The summed E-state index contributed by atoms with van der Waals surface area (Å²) < 4.78 is 2.83. The molecule has 0 fully saturated rings. The van der Waals surface area contributed by atoms with Crippen molar-refractivity contribution >= 4 is 5.97 Å². The number of carbonyl (C=O) groups is 1. The Balaban J connectivity index is 2.74. The average molecular weight is 232 g/mol. The number of hydrogen-bond acceptors (Lipinski definition) is 2. The van der Waals surface area contributed by atoms with Gasteiger partial charge < -0.3 is 5.11 Å². The van der Waals surface area contributed by atoms with Gasteiger partial charge in [0.25, 0.3) is 5.56 Å². The molecule has 5 heteroatoms. The minimum Gasteiger partial charge on any atom is -0.477 e. The molecule has 0 saturated carbocycles. The van der Waals surface area contributed by atoms with Crippen LogP contribution in [-0.4, -0.2) is 20.4 Å². The molecule has 88 valence electrons. The first kappa shape index (κ1) is 11.2. The van der Waals surface area contributed by atoms with Crippen LogP contribution in [0.5, 0.6) is 0 Å². The minimum atomic E-state index is -1.21. The molecule has 0 aliphatic heterocycles. The normalized spacial score (nSPS) is 10.5. The average Bonchev–Trinajstić information content (AvgIpc) is 2.56. The summed E-state index contributed by atoms with van der Waals surface area (Å²) in [5.41, 5.74) is 0.852. The lowest BCUT2D eigenvalue weighted by Gasteiger charge is -2.09. The van der Waals surface area contributed by atoms with Gasteiger partial charge in [0, 0.05) is 13.2 Å². The Morgan fingerprint density at radius 2 is 1.94 bits per heavy atom. The Bertz CT molecular complexity index is 637. The third kappa shape index (κ3) is 1.75. The molecule has 1 aromatic heterocycles. The first-order valence-electron chi connectivity index (χ1n) is 5.10. The molecule has 2 aromatic rings. The van der Waals surface area contributed by atoms with Crippen LogP contribution in [0.3, 0.4) is 0 Å². The molecule has 0 atom stereocenters. The van der Waals surface area contributed by atoms with Crippen molar-refractivity contribution in [2.24, 2.45) is 7.05 Å². The zero-order valence-electron chi connectivity index (χ0n) is 9.54. The van der Waals surface area contributed by atoms with Gasteiger partial charge in [0.15, 0.2) is 0 Å². The summed E-state index contributed by atoms with van der Waals surface area (Å²) in [6, 6.07) is 7.32. The van der Waals surface area contributed by atoms with Crippen LogP contribution in [0.2, 0.25) is 0 Å². The maximum Gasteiger partial charge on any atom is 0.342 e. The number of carboxylic acid groups (broad SMARTS) is 1. The van der Waals surface area contributed by atoms with Crippen LogP contribution in [0.4, 0.5) is 0 Å². The van der Waals surface area contributed by atoms with Crippen molar-refractivity contribution in [3.8, 4) is 5.69 Å². The Labute approximate surface area is 97.5 Å². The third-order valence-corrected chi connectivity index (χ3v) is 2.63. The summed E-state index contributed by atoms with van der Waals surface area (Å²) in [5.74, 6) is -1.21. The van der Waals surface area contributed by atoms with Gasteiger partial charge in [0.2, 0.25) is 0 Å². The van der Waals surface area contributed by atoms with Crippen LogP contribution in [0, 0.1) is 6.92 Å². The Morgan fingerprint density at radius 1 is 1.29 bits per heavy atom. The fraction of sp³-hybridized carbons (Fsp3) is 0.167. The number of aromatic nitrogens is 2. The van der Waals surface area contributed by atoms with E-state index in [1.165, 1.54) is 15.6 Å². The summed E-state index contributed by atoms with van der Waals surface area (Å²) in [6.07, 6.45) is 1.32. The maximum absolute atomic E-state index is 11.9. The van der Waals surface area contributed by atoms with E-state index in [0.29, 0.717) is 5.69 Å². The molecule has 0 radical (unpaired) electrons. The molecular formula is C12H12N2O3. The number of benzene rings is 1. The van der Waals surface area contributed by atoms with Crippen LogP contribution in [0.1, 0.15) is 15.9 Å². The van der Waals surface area contributed by atoms with Crippen molar-refractivity contribution in [3.05, 3.63) is 51.9 Å². The van der Waals surface area contributed by atoms with E-state index in [4.69, 9.17) is 5.11 Å². The van der Waals surface area contributed by atoms with Crippen molar-refractivity contribution < 1.29 is 9.90 Å². The first-order valence-corrected chi connectivity index (χ1v) is 5.10. The van der Waals surface area contributed by atoms with E-state index >= 15 is 0 Å². The van der Waals surface area contributed by atoms with Crippen molar-refractivity contribution in [3.63, 3.8) is 0 Å². The molecule has 0 bridgehead atoms. The quantitative estimate of drug-likeness (QED) is 0.845. The van der Waals surface area contributed by atoms with E-state index in [2.05, 4.69) is 0 Å². The van der Waals surface area contributed by atoms with Gasteiger partial charge >= 0.3 is 5.97 Å². The fourth-order valence-electron chi connectivity index (χ4n) is 1.78. The van der Waals surface area contributed by atoms with E-state index in [1.54, 1.807) is 13.1 Å². The summed E-state index contributed by atoms with van der Waals surface area (Å²) in [7, 11) is 1.64. The van der Waals surface area contributed by atoms with Gasteiger partial charge in [-0.3, -0.25) is 9.48 Å². The highest BCUT2D eigenvalue weighted by atomic mass is 16.4. The van der Waals surface area contributed by atoms with Gasteiger partial charge in [0.05, 0.1) is 5.69 Å². The smallest absolute Gasteiger partial charge is 0.342 e. The molecule has 2 rings (SSSR count). The molecule has 0 saturated heterocycles. The topological polar surface area (TPSA) is 64.2 Å². The maximum atomic E-state index is 11.9. The lowest BCUT2D eigenvalue weighted by atomic mass is 10.2. The van der Waals surface area contributed by atoms with Crippen molar-refractivity contribution in [2.75, 3.05) is 0 Å². The number of aryl methyl sites for hydroxylation is 2. The van der Waals surface area contributed by atoms with Crippen LogP contribution in [0.15, 0.2) is 35.3 Å². The first-order chi connectivity index (χ1) is 8.02. The fourth-order valence-corrected chi connectivity index (χ4v) is 1.78. The second kappa shape index (κ2) is 3.93. The molecule has 1 N–H and O–H groups in total. The molecule has 0 amide bonds. The van der Waals surface area contributed by atoms with Gasteiger partial charge in [-0.1, -0.05) is 18.2 Å². The third-order valence-electron chi connectivity index (χ3n) is 2.63. The highest BCUT2D eigenvalue weighted by Crippen LogP contribution is 2.11. The number of carboxylic acids is 1. The van der Waals surface area contributed by atoms with Crippen LogP contribution >= 0.6 is 0 Å². The monoisotopic (exact) mass is 232 g/mol. The number of para-hydroxylation sites is 1. The Morgan fingerprint density at radius 3 is 2.47 bits per heavy atom. The van der Waals surface area contributed by atoms with Gasteiger partial charge in [-0.15, -0.1) is 0 Å². The SMILES string of the molecule is Cc1ccccc1-n1c(=O)c(C(=O)O)cn1C. The highest BCUT2D eigenvalue weighted by molar-refractivity contribution is 5.87. The largest absolute Gasteiger partial charge is 0.477 e. The van der Waals surface area contributed by atoms with E-state index in [9.17, 15) is 9.59 Å². The number of hydrogen-bond donors (Lipinski definition) is 1. The van der Waals surface area contributed by atoms with Crippen LogP contribution < -0.4 is 5.56 Å². The number of aromatic carboxylic acids is 1. The molecule has 0 aliphatic rings. The van der Waals surface area contributed by atoms with E-state index in [-0.39, 0.29) is 5.56 Å². The molecular weight excluding hydrogens is 220 g/mol. The zero-order valence-corrected chi connectivity index (χ0v) is 9.54. The van der Waals surface area contributed by atoms with Gasteiger partial charge in [-0.25, -0.2) is 9.48 Å². The molecule has 1 heterocycles. The summed E-state index contributed by atoms with van der Waals surface area (Å²) in [6.45, 7) is 1.87. The summed E-state index contributed by atoms with van der Waals surface area (Å²) in [5, 5.41) is 8.89. The lowest BCUT2D eigenvalue weighted by Crippen LogP contribution is -2.23. The van der Waals surface area contributed by atoms with E-state index < -0.39 is 11.5 Å². The zero-order chi connectivity index (χ0) is 12.6. The minimum absolute atomic E-state index is 0.226. The van der Waals surface area contributed by atoms with Crippen LogP contribution in [-0.2, 0) is 7.05 Å². The van der Waals surface area contributed by atoms with Gasteiger partial charge in [-0.2, -0.15) is 0 Å². The standard InChI is InChI=1S/C12H12N2O3/c1-8-5-3-4-6-10(8)14-11(15)9(12(16)17)7-13(14)2/h3-7H,1-2H3,(H,16,17). The van der Waals surface area contributed by atoms with Crippen molar-refractivity contribution in [2.45, 2.75) is 6.92 Å². The second-order valence-electron chi connectivity index (χ2n) is 3.83. The molecule has 5 nitrogen and oxygen atoms in total. The molecule has 17 heavy (non-hydrogen) atoms. The van der Waals surface area contributed by atoms with E-state index in [1.807, 2.05) is 25.1 Å². The molecule has 1 aromatic carbocycles. The number of nitrogens with zero attached hydrogens (tertiary/aromatic N) is 2. The van der Waals surface area contributed by atoms with Crippen LogP contribution in [0.25, 0.3) is 5.69 Å².